The molecule has 0 saturated carbocycles. The largest absolute Gasteiger partial charge is 0.357 e. The maximum Gasteiger partial charge on any atom is 0.128 e. The molecule has 0 fully saturated rings. The lowest BCUT2D eigenvalue weighted by Crippen LogP contribution is -2.29. The fourth-order valence-corrected chi connectivity index (χ4v) is 1.71. The van der Waals surface area contributed by atoms with Crippen LogP contribution in [0.4, 0.5) is 5.82 Å². The number of nitrogens with zero attached hydrogens (tertiary/aromatic N) is 2. The van der Waals surface area contributed by atoms with E-state index < -0.39 is 0 Å². The molecular formula is C13H23N3. The SMILES string of the molecule is CCCC(C)N(C)c1ccc([C@H](C)N)cn1. The van der Waals surface area contributed by atoms with E-state index in [1.807, 2.05) is 19.2 Å². The number of rotatable bonds is 5. The van der Waals surface area contributed by atoms with Gasteiger partial charge in [-0.25, -0.2) is 4.98 Å². The van der Waals surface area contributed by atoms with E-state index in [1.54, 1.807) is 0 Å². The summed E-state index contributed by atoms with van der Waals surface area (Å²) >= 11 is 0. The topological polar surface area (TPSA) is 42.1 Å². The molecule has 3 heteroatoms. The van der Waals surface area contributed by atoms with Gasteiger partial charge in [-0.05, 0) is 31.9 Å². The molecule has 0 aliphatic rings. The number of hydrogen-bond donors (Lipinski definition) is 1. The van der Waals surface area contributed by atoms with Gasteiger partial charge in [0.2, 0.25) is 0 Å². The highest BCUT2D eigenvalue weighted by Gasteiger charge is 2.10. The van der Waals surface area contributed by atoms with Crippen LogP contribution in [-0.2, 0) is 0 Å². The second kappa shape index (κ2) is 5.85. The van der Waals surface area contributed by atoms with Crippen molar-refractivity contribution in [2.75, 3.05) is 11.9 Å². The zero-order chi connectivity index (χ0) is 12.1. The summed E-state index contributed by atoms with van der Waals surface area (Å²) in [5.74, 6) is 1.02. The van der Waals surface area contributed by atoms with Gasteiger partial charge >= 0.3 is 0 Å². The first-order chi connectivity index (χ1) is 7.56. The summed E-state index contributed by atoms with van der Waals surface area (Å²) in [7, 11) is 2.09. The van der Waals surface area contributed by atoms with Gasteiger partial charge in [0.25, 0.3) is 0 Å². The van der Waals surface area contributed by atoms with Crippen LogP contribution in [0.25, 0.3) is 0 Å². The molecule has 3 nitrogen and oxygen atoms in total. The minimum absolute atomic E-state index is 0.0555. The van der Waals surface area contributed by atoms with Crippen LogP contribution in [0.2, 0.25) is 0 Å². The van der Waals surface area contributed by atoms with Gasteiger partial charge in [0.1, 0.15) is 5.82 Å². The van der Waals surface area contributed by atoms with Crippen molar-refractivity contribution in [2.45, 2.75) is 45.7 Å². The van der Waals surface area contributed by atoms with Gasteiger partial charge in [-0.2, -0.15) is 0 Å². The van der Waals surface area contributed by atoms with Crippen LogP contribution in [-0.4, -0.2) is 18.1 Å². The van der Waals surface area contributed by atoms with Gasteiger partial charge in [-0.3, -0.25) is 0 Å². The average molecular weight is 221 g/mol. The second-order valence-corrected chi connectivity index (χ2v) is 4.49. The predicted molar refractivity (Wildman–Crippen MR) is 69.6 cm³/mol. The normalized spacial score (nSPS) is 14.6. The molecule has 0 amide bonds. The molecule has 0 spiro atoms. The number of anilines is 1. The van der Waals surface area contributed by atoms with Gasteiger partial charge in [0, 0.05) is 25.3 Å². The first-order valence-corrected chi connectivity index (χ1v) is 6.00. The Hall–Kier alpha value is -1.09. The van der Waals surface area contributed by atoms with Crippen molar-refractivity contribution in [1.82, 2.24) is 4.98 Å². The third kappa shape index (κ3) is 3.20. The minimum atomic E-state index is 0.0555. The van der Waals surface area contributed by atoms with Crippen molar-refractivity contribution in [1.29, 1.82) is 0 Å². The first-order valence-electron chi connectivity index (χ1n) is 6.00. The zero-order valence-corrected chi connectivity index (χ0v) is 10.8. The third-order valence-corrected chi connectivity index (χ3v) is 3.03. The zero-order valence-electron chi connectivity index (χ0n) is 10.8. The lowest BCUT2D eigenvalue weighted by atomic mass is 10.1. The van der Waals surface area contributed by atoms with Crippen molar-refractivity contribution in [3.8, 4) is 0 Å². The van der Waals surface area contributed by atoms with Crippen molar-refractivity contribution < 1.29 is 0 Å². The lowest BCUT2D eigenvalue weighted by Gasteiger charge is -2.25. The van der Waals surface area contributed by atoms with E-state index in [4.69, 9.17) is 5.73 Å². The molecule has 1 aromatic heterocycles. The summed E-state index contributed by atoms with van der Waals surface area (Å²) in [5, 5.41) is 0. The molecule has 1 aromatic rings. The molecule has 0 bridgehead atoms. The highest BCUT2D eigenvalue weighted by molar-refractivity contribution is 5.39. The molecule has 0 aliphatic heterocycles. The van der Waals surface area contributed by atoms with Gasteiger partial charge in [0.05, 0.1) is 0 Å². The standard InChI is InChI=1S/C13H23N3/c1-5-6-10(2)16(4)13-8-7-12(9-15-13)11(3)14/h7-11H,5-6,14H2,1-4H3/t10?,11-/m0/s1. The number of nitrogens with two attached hydrogens (primary N) is 1. The summed E-state index contributed by atoms with van der Waals surface area (Å²) in [5.41, 5.74) is 6.88. The maximum atomic E-state index is 5.79. The number of hydrogen-bond acceptors (Lipinski definition) is 3. The van der Waals surface area contributed by atoms with E-state index in [2.05, 4.69) is 36.8 Å². The number of pyridine rings is 1. The van der Waals surface area contributed by atoms with Crippen LogP contribution in [0, 0.1) is 0 Å². The Morgan fingerprint density at radius 3 is 2.50 bits per heavy atom. The molecule has 1 heterocycles. The summed E-state index contributed by atoms with van der Waals surface area (Å²) in [4.78, 5) is 6.67. The van der Waals surface area contributed by atoms with Crippen LogP contribution < -0.4 is 10.6 Å². The molecule has 0 aromatic carbocycles. The van der Waals surface area contributed by atoms with E-state index in [9.17, 15) is 0 Å². The molecule has 90 valence electrons. The molecule has 1 rings (SSSR count). The van der Waals surface area contributed by atoms with Crippen molar-refractivity contribution in [3.05, 3.63) is 23.9 Å². The van der Waals surface area contributed by atoms with E-state index in [-0.39, 0.29) is 6.04 Å². The van der Waals surface area contributed by atoms with Gasteiger partial charge in [-0.1, -0.05) is 19.4 Å². The second-order valence-electron chi connectivity index (χ2n) is 4.49. The summed E-state index contributed by atoms with van der Waals surface area (Å²) in [6.45, 7) is 6.40. The van der Waals surface area contributed by atoms with Gasteiger partial charge < -0.3 is 10.6 Å². The first kappa shape index (κ1) is 13.0. The van der Waals surface area contributed by atoms with Crippen molar-refractivity contribution in [3.63, 3.8) is 0 Å². The monoisotopic (exact) mass is 221 g/mol. The molecule has 2 atom stereocenters. The van der Waals surface area contributed by atoms with Crippen LogP contribution >= 0.6 is 0 Å². The highest BCUT2D eigenvalue weighted by Crippen LogP contribution is 2.17. The molecular weight excluding hydrogens is 198 g/mol. The van der Waals surface area contributed by atoms with Gasteiger partial charge in [0.15, 0.2) is 0 Å². The summed E-state index contributed by atoms with van der Waals surface area (Å²) in [6.07, 6.45) is 4.26. The maximum absolute atomic E-state index is 5.79. The summed E-state index contributed by atoms with van der Waals surface area (Å²) in [6, 6.07) is 4.69. The molecule has 0 aliphatic carbocycles. The van der Waals surface area contributed by atoms with E-state index in [0.29, 0.717) is 6.04 Å². The number of aromatic nitrogens is 1. The van der Waals surface area contributed by atoms with Crippen LogP contribution in [0.3, 0.4) is 0 Å². The quantitative estimate of drug-likeness (QED) is 0.831. The smallest absolute Gasteiger partial charge is 0.128 e. The van der Waals surface area contributed by atoms with E-state index in [0.717, 1.165) is 11.4 Å². The third-order valence-electron chi connectivity index (χ3n) is 3.03. The Bertz CT molecular complexity index is 305. The minimum Gasteiger partial charge on any atom is -0.357 e. The molecule has 1 unspecified atom stereocenters. The van der Waals surface area contributed by atoms with E-state index in [1.165, 1.54) is 12.8 Å². The highest BCUT2D eigenvalue weighted by atomic mass is 15.2. The predicted octanol–water partition coefficient (Wildman–Crippen LogP) is 2.73. The fraction of sp³-hybridized carbons (Fsp3) is 0.615. The Morgan fingerprint density at radius 2 is 2.06 bits per heavy atom. The van der Waals surface area contributed by atoms with Crippen molar-refractivity contribution >= 4 is 5.82 Å². The van der Waals surface area contributed by atoms with Crippen LogP contribution in [0.5, 0.6) is 0 Å². The van der Waals surface area contributed by atoms with Gasteiger partial charge in [-0.15, -0.1) is 0 Å². The lowest BCUT2D eigenvalue weighted by molar-refractivity contribution is 0.611. The van der Waals surface area contributed by atoms with E-state index >= 15 is 0 Å². The Morgan fingerprint density at radius 1 is 1.38 bits per heavy atom. The average Bonchev–Trinajstić information content (AvgIpc) is 2.28. The molecule has 0 radical (unpaired) electrons. The molecule has 16 heavy (non-hydrogen) atoms. The molecule has 0 saturated heterocycles. The molecule has 2 N–H and O–H groups in total. The Kier molecular flexibility index (Phi) is 4.74. The summed E-state index contributed by atoms with van der Waals surface area (Å²) < 4.78 is 0. The van der Waals surface area contributed by atoms with Crippen LogP contribution in [0.15, 0.2) is 18.3 Å². The van der Waals surface area contributed by atoms with Crippen LogP contribution in [0.1, 0.15) is 45.2 Å². The fourth-order valence-electron chi connectivity index (χ4n) is 1.71. The Labute approximate surface area is 98.7 Å². The van der Waals surface area contributed by atoms with Crippen molar-refractivity contribution in [2.24, 2.45) is 5.73 Å². The Balaban J connectivity index is 2.73.